The Labute approximate surface area is 201 Å². The molecule has 5 aliphatic rings. The molecule has 1 unspecified atom stereocenters. The van der Waals surface area contributed by atoms with Gasteiger partial charge in [0.25, 0.3) is 0 Å². The molecule has 0 aromatic carbocycles. The number of carbonyl (C=O) groups is 1. The highest BCUT2D eigenvalue weighted by molar-refractivity contribution is 5.75. The van der Waals surface area contributed by atoms with Crippen LogP contribution in [0.25, 0.3) is 0 Å². The van der Waals surface area contributed by atoms with E-state index in [-0.39, 0.29) is 12.0 Å². The lowest BCUT2D eigenvalue weighted by Gasteiger charge is -2.58. The molecule has 4 heteroatoms. The molecule has 186 valence electrons. The van der Waals surface area contributed by atoms with Gasteiger partial charge < -0.3 is 5.11 Å². The van der Waals surface area contributed by atoms with Crippen LogP contribution in [0.3, 0.4) is 0 Å². The molecule has 0 heterocycles. The molecule has 5 aliphatic carbocycles. The zero-order valence-corrected chi connectivity index (χ0v) is 21.5. The molecule has 0 aromatic rings. The van der Waals surface area contributed by atoms with Crippen LogP contribution in [0, 0.1) is 40.4 Å². The van der Waals surface area contributed by atoms with Crippen molar-refractivity contribution in [1.82, 2.24) is 5.06 Å². The Kier molecular flexibility index (Phi) is 6.48. The van der Waals surface area contributed by atoms with Gasteiger partial charge in [-0.3, -0.25) is 9.63 Å². The average molecular weight is 458 g/mol. The molecule has 0 aliphatic heterocycles. The Morgan fingerprint density at radius 3 is 2.64 bits per heavy atom. The number of hydroxylamine groups is 2. The van der Waals surface area contributed by atoms with Crippen LogP contribution in [0.4, 0.5) is 0 Å². The summed E-state index contributed by atoms with van der Waals surface area (Å²) in [6, 6.07) is 0.313. The van der Waals surface area contributed by atoms with Gasteiger partial charge in [-0.2, -0.15) is 0 Å². The Morgan fingerprint density at radius 2 is 1.94 bits per heavy atom. The van der Waals surface area contributed by atoms with Gasteiger partial charge in [0.2, 0.25) is 5.91 Å². The molecule has 0 aromatic heterocycles. The zero-order valence-electron chi connectivity index (χ0n) is 21.5. The predicted octanol–water partition coefficient (Wildman–Crippen LogP) is 6.29. The highest BCUT2D eigenvalue weighted by Crippen LogP contribution is 2.67. The molecule has 4 saturated carbocycles. The summed E-state index contributed by atoms with van der Waals surface area (Å²) in [5.41, 5.74) is 2.32. The summed E-state index contributed by atoms with van der Waals surface area (Å²) in [6.45, 7) is 7.54. The normalized spacial score (nSPS) is 43.5. The fourth-order valence-electron chi connectivity index (χ4n) is 9.36. The van der Waals surface area contributed by atoms with E-state index in [1.165, 1.54) is 44.9 Å². The van der Waals surface area contributed by atoms with Gasteiger partial charge >= 0.3 is 0 Å². The van der Waals surface area contributed by atoms with Crippen LogP contribution in [-0.2, 0) is 9.63 Å². The van der Waals surface area contributed by atoms with Crippen LogP contribution in [-0.4, -0.2) is 35.3 Å². The van der Waals surface area contributed by atoms with Crippen molar-refractivity contribution < 1.29 is 14.7 Å². The molecule has 4 nitrogen and oxygen atoms in total. The Hall–Kier alpha value is -0.870. The summed E-state index contributed by atoms with van der Waals surface area (Å²) in [6.07, 6.45) is 17.1. The number of fused-ring (bicyclic) bond motifs is 5. The number of hydrogen-bond donors (Lipinski definition) is 1. The number of aliphatic hydroxyl groups is 1. The van der Waals surface area contributed by atoms with Crippen molar-refractivity contribution >= 4 is 5.91 Å². The van der Waals surface area contributed by atoms with E-state index >= 15 is 0 Å². The van der Waals surface area contributed by atoms with Crippen LogP contribution in [0.5, 0.6) is 0 Å². The van der Waals surface area contributed by atoms with E-state index in [9.17, 15) is 9.90 Å². The molecule has 0 saturated heterocycles. The molecule has 0 radical (unpaired) electrons. The van der Waals surface area contributed by atoms with Crippen molar-refractivity contribution in [2.45, 2.75) is 116 Å². The molecular formula is C29H47NO3. The van der Waals surface area contributed by atoms with Crippen molar-refractivity contribution in [2.75, 3.05) is 7.11 Å². The summed E-state index contributed by atoms with van der Waals surface area (Å²) in [7, 11) is 1.65. The lowest BCUT2D eigenvalue weighted by molar-refractivity contribution is -0.196. The van der Waals surface area contributed by atoms with E-state index < -0.39 is 0 Å². The van der Waals surface area contributed by atoms with Crippen molar-refractivity contribution in [2.24, 2.45) is 40.4 Å². The zero-order chi connectivity index (χ0) is 23.4. The van der Waals surface area contributed by atoms with Gasteiger partial charge in [-0.05, 0) is 117 Å². The van der Waals surface area contributed by atoms with E-state index in [0.717, 1.165) is 55.8 Å². The second-order valence-corrected chi connectivity index (χ2v) is 12.9. The molecule has 5 rings (SSSR count). The second-order valence-electron chi connectivity index (χ2n) is 12.9. The van der Waals surface area contributed by atoms with Crippen molar-refractivity contribution in [1.29, 1.82) is 0 Å². The second kappa shape index (κ2) is 8.97. The third-order valence-corrected chi connectivity index (χ3v) is 11.5. The van der Waals surface area contributed by atoms with Gasteiger partial charge in [0.05, 0.1) is 19.3 Å². The molecule has 1 N–H and O–H groups in total. The number of aliphatic hydroxyl groups excluding tert-OH is 1. The van der Waals surface area contributed by atoms with E-state index in [1.807, 2.05) is 0 Å². The fourth-order valence-corrected chi connectivity index (χ4v) is 9.36. The monoisotopic (exact) mass is 457 g/mol. The summed E-state index contributed by atoms with van der Waals surface area (Å²) in [4.78, 5) is 18.3. The van der Waals surface area contributed by atoms with Crippen molar-refractivity contribution in [3.63, 3.8) is 0 Å². The SMILES string of the molecule is CON(C(=O)CCC(C)[C@H]1CC[C@H]2[C@@H]3CC=C4C[C@@H](O)CC[C@]4(C)[C@H]3CC[C@]12C)C1CCC1. The topological polar surface area (TPSA) is 49.8 Å². The number of hydrogen-bond acceptors (Lipinski definition) is 3. The first-order chi connectivity index (χ1) is 15.8. The minimum Gasteiger partial charge on any atom is -0.393 e. The first-order valence-corrected chi connectivity index (χ1v) is 14.0. The summed E-state index contributed by atoms with van der Waals surface area (Å²) in [5, 5.41) is 11.9. The minimum atomic E-state index is -0.118. The van der Waals surface area contributed by atoms with Gasteiger partial charge in [-0.1, -0.05) is 32.4 Å². The van der Waals surface area contributed by atoms with E-state index in [2.05, 4.69) is 26.8 Å². The van der Waals surface area contributed by atoms with Gasteiger partial charge in [-0.15, -0.1) is 0 Å². The number of nitrogens with zero attached hydrogens (tertiary/aromatic N) is 1. The first-order valence-electron chi connectivity index (χ1n) is 14.0. The molecule has 0 spiro atoms. The van der Waals surface area contributed by atoms with E-state index in [1.54, 1.807) is 17.7 Å². The maximum absolute atomic E-state index is 12.8. The number of allylic oxidation sites excluding steroid dienone is 1. The van der Waals surface area contributed by atoms with Gasteiger partial charge in [0.1, 0.15) is 0 Å². The Morgan fingerprint density at radius 1 is 1.15 bits per heavy atom. The maximum Gasteiger partial charge on any atom is 0.246 e. The Bertz CT molecular complexity index is 775. The smallest absolute Gasteiger partial charge is 0.246 e. The third-order valence-electron chi connectivity index (χ3n) is 11.5. The van der Waals surface area contributed by atoms with Crippen LogP contribution >= 0.6 is 0 Å². The third kappa shape index (κ3) is 3.92. The maximum atomic E-state index is 12.8. The molecule has 1 amide bonds. The van der Waals surface area contributed by atoms with Crippen molar-refractivity contribution in [3.05, 3.63) is 11.6 Å². The lowest BCUT2D eigenvalue weighted by Crippen LogP contribution is -2.50. The number of carbonyl (C=O) groups excluding carboxylic acids is 1. The highest BCUT2D eigenvalue weighted by atomic mass is 16.7. The average Bonchev–Trinajstić information content (AvgIpc) is 3.12. The molecule has 8 atom stereocenters. The predicted molar refractivity (Wildman–Crippen MR) is 131 cm³/mol. The summed E-state index contributed by atoms with van der Waals surface area (Å²) in [5.74, 6) is 3.96. The van der Waals surface area contributed by atoms with Crippen molar-refractivity contribution in [3.8, 4) is 0 Å². The summed E-state index contributed by atoms with van der Waals surface area (Å²) >= 11 is 0. The fraction of sp³-hybridized carbons (Fsp3) is 0.897. The van der Waals surface area contributed by atoms with E-state index in [0.29, 0.717) is 29.2 Å². The van der Waals surface area contributed by atoms with Gasteiger partial charge in [-0.25, -0.2) is 5.06 Å². The van der Waals surface area contributed by atoms with Crippen LogP contribution in [0.15, 0.2) is 11.6 Å². The van der Waals surface area contributed by atoms with Gasteiger partial charge in [0, 0.05) is 6.42 Å². The number of rotatable bonds is 6. The summed E-state index contributed by atoms with van der Waals surface area (Å²) < 4.78 is 0. The molecule has 0 bridgehead atoms. The molecule has 33 heavy (non-hydrogen) atoms. The standard InChI is InChI=1S/C29H47NO3/c1-19(8-13-27(32)30(33-4)21-6-5-7-21)24-11-12-25-23-10-9-20-18-22(31)14-16-28(20,2)26(23)15-17-29(24,25)3/h9,19,21-26,31H,5-8,10-18H2,1-4H3/t19?,22-,23-,24+,25-,26-,28-,29+/m0/s1. The molecular weight excluding hydrogens is 410 g/mol. The first kappa shape index (κ1) is 23.9. The van der Waals surface area contributed by atoms with Crippen LogP contribution in [0.1, 0.15) is 104 Å². The quantitative estimate of drug-likeness (QED) is 0.377. The lowest BCUT2D eigenvalue weighted by atomic mass is 9.47. The number of amides is 1. The molecule has 4 fully saturated rings. The van der Waals surface area contributed by atoms with Crippen LogP contribution < -0.4 is 0 Å². The highest BCUT2D eigenvalue weighted by Gasteiger charge is 2.59. The van der Waals surface area contributed by atoms with E-state index in [4.69, 9.17) is 4.84 Å². The van der Waals surface area contributed by atoms with Gasteiger partial charge in [0.15, 0.2) is 0 Å². The Balaban J connectivity index is 1.25. The largest absolute Gasteiger partial charge is 0.393 e. The van der Waals surface area contributed by atoms with Crippen LogP contribution in [0.2, 0.25) is 0 Å². The minimum absolute atomic E-state index is 0.118.